The molecule has 104 valence electrons. The zero-order valence-electron chi connectivity index (χ0n) is 11.1. The second-order valence-electron chi connectivity index (χ2n) is 5.02. The van der Waals surface area contributed by atoms with Crippen LogP contribution >= 0.6 is 23.2 Å². The first-order valence-electron chi connectivity index (χ1n) is 6.65. The Labute approximate surface area is 133 Å². The largest absolute Gasteiger partial charge is 0.280 e. The molecule has 0 amide bonds. The molecule has 2 atom stereocenters. The van der Waals surface area contributed by atoms with E-state index in [0.717, 1.165) is 16.8 Å². The highest BCUT2D eigenvalue weighted by atomic mass is 35.5. The van der Waals surface area contributed by atoms with E-state index in [1.54, 1.807) is 0 Å². The first-order valence-corrected chi connectivity index (χ1v) is 7.40. The van der Waals surface area contributed by atoms with Crippen LogP contribution < -0.4 is 0 Å². The maximum absolute atomic E-state index is 9.39. The Morgan fingerprint density at radius 3 is 2.10 bits per heavy atom. The Bertz CT molecular complexity index is 712. The molecule has 2 aromatic rings. The molecular formula is C17H12Cl2N2. The van der Waals surface area contributed by atoms with Crippen LogP contribution in [0.4, 0.5) is 0 Å². The molecule has 2 aromatic carbocycles. The van der Waals surface area contributed by atoms with Crippen molar-refractivity contribution in [1.29, 1.82) is 5.26 Å². The van der Waals surface area contributed by atoms with Crippen molar-refractivity contribution in [1.82, 2.24) is 0 Å². The van der Waals surface area contributed by atoms with Gasteiger partial charge in [0, 0.05) is 22.2 Å². The number of rotatable bonds is 2. The maximum Gasteiger partial charge on any atom is 0.0914 e. The molecule has 1 aliphatic rings. The van der Waals surface area contributed by atoms with Gasteiger partial charge in [0.2, 0.25) is 0 Å². The van der Waals surface area contributed by atoms with Crippen LogP contribution in [0, 0.1) is 17.2 Å². The molecule has 2 nitrogen and oxygen atoms in total. The van der Waals surface area contributed by atoms with Crippen LogP contribution in [0.5, 0.6) is 0 Å². The van der Waals surface area contributed by atoms with Gasteiger partial charge in [-0.15, -0.1) is 0 Å². The van der Waals surface area contributed by atoms with Crippen molar-refractivity contribution in [3.8, 4) is 6.07 Å². The van der Waals surface area contributed by atoms with Crippen LogP contribution in [0.1, 0.15) is 23.6 Å². The highest BCUT2D eigenvalue weighted by Gasteiger charge is 2.30. The highest BCUT2D eigenvalue weighted by Crippen LogP contribution is 2.36. The van der Waals surface area contributed by atoms with Crippen LogP contribution in [0.25, 0.3) is 0 Å². The fraction of sp³-hybridized carbons (Fsp3) is 0.176. The summed E-state index contributed by atoms with van der Waals surface area (Å²) in [5.41, 5.74) is 3.00. The summed E-state index contributed by atoms with van der Waals surface area (Å²) in [6.07, 6.45) is 0.658. The van der Waals surface area contributed by atoms with Gasteiger partial charge in [-0.25, -0.2) is 0 Å². The summed E-state index contributed by atoms with van der Waals surface area (Å²) in [4.78, 5) is 4.75. The molecular weight excluding hydrogens is 303 g/mol. The zero-order chi connectivity index (χ0) is 14.8. The van der Waals surface area contributed by atoms with E-state index in [9.17, 15) is 5.26 Å². The monoisotopic (exact) mass is 314 g/mol. The van der Waals surface area contributed by atoms with E-state index in [1.165, 1.54) is 0 Å². The lowest BCUT2D eigenvalue weighted by Crippen LogP contribution is -2.04. The second-order valence-corrected chi connectivity index (χ2v) is 5.89. The molecule has 0 aliphatic carbocycles. The van der Waals surface area contributed by atoms with Gasteiger partial charge < -0.3 is 0 Å². The van der Waals surface area contributed by atoms with Gasteiger partial charge in [-0.1, -0.05) is 47.5 Å². The summed E-state index contributed by atoms with van der Waals surface area (Å²) >= 11 is 11.8. The summed E-state index contributed by atoms with van der Waals surface area (Å²) < 4.78 is 0. The number of nitriles is 1. The number of halogens is 2. The molecule has 0 fully saturated rings. The predicted octanol–water partition coefficient (Wildman–Crippen LogP) is 5.07. The fourth-order valence-corrected chi connectivity index (χ4v) is 2.80. The molecule has 21 heavy (non-hydrogen) atoms. The third kappa shape index (κ3) is 2.95. The van der Waals surface area contributed by atoms with Crippen LogP contribution in [-0.2, 0) is 0 Å². The van der Waals surface area contributed by atoms with E-state index in [4.69, 9.17) is 28.2 Å². The standard InChI is InChI=1S/C17H12Cl2N2/c18-14-5-1-11(2-6-14)16-9-13(10-20)17(21-16)12-3-7-15(19)8-4-12/h1-8,13,17H,9H2/t13-,17-/m0/s1. The number of nitrogens with zero attached hydrogens (tertiary/aromatic N) is 2. The summed E-state index contributed by atoms with van der Waals surface area (Å²) in [5, 5.41) is 10.8. The van der Waals surface area contributed by atoms with Crippen LogP contribution in [0.15, 0.2) is 53.5 Å². The van der Waals surface area contributed by atoms with Crippen LogP contribution in [-0.4, -0.2) is 5.71 Å². The molecule has 4 heteroatoms. The molecule has 0 aromatic heterocycles. The van der Waals surface area contributed by atoms with E-state index < -0.39 is 0 Å². The molecule has 0 bridgehead atoms. The van der Waals surface area contributed by atoms with Gasteiger partial charge in [-0.3, -0.25) is 4.99 Å². The van der Waals surface area contributed by atoms with Gasteiger partial charge >= 0.3 is 0 Å². The summed E-state index contributed by atoms with van der Waals surface area (Å²) in [7, 11) is 0. The predicted molar refractivity (Wildman–Crippen MR) is 85.9 cm³/mol. The molecule has 1 aliphatic heterocycles. The van der Waals surface area contributed by atoms with Gasteiger partial charge in [0.1, 0.15) is 0 Å². The third-order valence-corrected chi connectivity index (χ3v) is 4.15. The molecule has 0 unspecified atom stereocenters. The van der Waals surface area contributed by atoms with E-state index in [2.05, 4.69) is 6.07 Å². The van der Waals surface area contributed by atoms with Crippen molar-refractivity contribution in [2.24, 2.45) is 10.9 Å². The Kier molecular flexibility index (Phi) is 3.96. The minimum atomic E-state index is -0.142. The Morgan fingerprint density at radius 1 is 0.952 bits per heavy atom. The lowest BCUT2D eigenvalue weighted by molar-refractivity contribution is 0.594. The van der Waals surface area contributed by atoms with Crippen molar-refractivity contribution in [2.75, 3.05) is 0 Å². The third-order valence-electron chi connectivity index (χ3n) is 3.64. The van der Waals surface area contributed by atoms with Crippen molar-refractivity contribution in [2.45, 2.75) is 12.5 Å². The Balaban J connectivity index is 1.94. The first kappa shape index (κ1) is 14.1. The van der Waals surface area contributed by atoms with Gasteiger partial charge in [0.25, 0.3) is 0 Å². The lowest BCUT2D eigenvalue weighted by atomic mass is 9.93. The Hall–Kier alpha value is -1.82. The Morgan fingerprint density at radius 2 is 1.52 bits per heavy atom. The zero-order valence-corrected chi connectivity index (χ0v) is 12.6. The van der Waals surface area contributed by atoms with Crippen LogP contribution in [0.2, 0.25) is 10.0 Å². The SMILES string of the molecule is N#C[C@@H]1CC(c2ccc(Cl)cc2)=N[C@H]1c1ccc(Cl)cc1. The first-order chi connectivity index (χ1) is 10.2. The van der Waals surface area contributed by atoms with Crippen molar-refractivity contribution in [3.05, 3.63) is 69.7 Å². The van der Waals surface area contributed by atoms with E-state index in [1.807, 2.05) is 48.5 Å². The molecule has 0 N–H and O–H groups in total. The number of hydrogen-bond donors (Lipinski definition) is 0. The molecule has 0 radical (unpaired) electrons. The van der Waals surface area contributed by atoms with E-state index >= 15 is 0 Å². The lowest BCUT2D eigenvalue weighted by Gasteiger charge is -2.11. The quantitative estimate of drug-likeness (QED) is 0.762. The highest BCUT2D eigenvalue weighted by molar-refractivity contribution is 6.30. The fourth-order valence-electron chi connectivity index (χ4n) is 2.55. The number of benzene rings is 2. The topological polar surface area (TPSA) is 36.1 Å². The minimum absolute atomic E-state index is 0.127. The molecule has 0 saturated heterocycles. The summed E-state index contributed by atoms with van der Waals surface area (Å²) in [5.74, 6) is -0.142. The van der Waals surface area contributed by atoms with Gasteiger partial charge in [-0.2, -0.15) is 5.26 Å². The van der Waals surface area contributed by atoms with Crippen molar-refractivity contribution >= 4 is 28.9 Å². The molecule has 3 rings (SSSR count). The molecule has 0 spiro atoms. The maximum atomic E-state index is 9.39. The molecule has 1 heterocycles. The van der Waals surface area contributed by atoms with Gasteiger partial charge in [-0.05, 0) is 35.4 Å². The van der Waals surface area contributed by atoms with E-state index in [-0.39, 0.29) is 12.0 Å². The minimum Gasteiger partial charge on any atom is -0.280 e. The van der Waals surface area contributed by atoms with Crippen molar-refractivity contribution in [3.63, 3.8) is 0 Å². The second kappa shape index (κ2) is 5.89. The average molecular weight is 315 g/mol. The van der Waals surface area contributed by atoms with Crippen molar-refractivity contribution < 1.29 is 0 Å². The molecule has 0 saturated carbocycles. The van der Waals surface area contributed by atoms with E-state index in [0.29, 0.717) is 16.5 Å². The average Bonchev–Trinajstić information content (AvgIpc) is 2.93. The van der Waals surface area contributed by atoms with Crippen LogP contribution in [0.3, 0.4) is 0 Å². The normalized spacial score (nSPS) is 20.9. The van der Waals surface area contributed by atoms with Gasteiger partial charge in [0.05, 0.1) is 18.0 Å². The number of aliphatic imine (C=N–C) groups is 1. The van der Waals surface area contributed by atoms with Gasteiger partial charge in [0.15, 0.2) is 0 Å². The summed E-state index contributed by atoms with van der Waals surface area (Å²) in [6, 6.07) is 17.4. The number of hydrogen-bond acceptors (Lipinski definition) is 2. The summed E-state index contributed by atoms with van der Waals surface area (Å²) in [6.45, 7) is 0. The smallest absolute Gasteiger partial charge is 0.0914 e.